The molecule has 1 atom stereocenters. The molecular formula is C37H37ClN4O4. The maximum atomic E-state index is 12.7. The molecule has 0 aliphatic rings. The first-order valence-electron chi connectivity index (χ1n) is 14.8. The molecule has 0 amide bonds. The van der Waals surface area contributed by atoms with E-state index in [-0.39, 0.29) is 6.42 Å². The molecule has 1 heterocycles. The highest BCUT2D eigenvalue weighted by Crippen LogP contribution is 2.39. The van der Waals surface area contributed by atoms with Crippen LogP contribution >= 0.6 is 11.6 Å². The van der Waals surface area contributed by atoms with Gasteiger partial charge in [-0.25, -0.2) is 9.78 Å². The van der Waals surface area contributed by atoms with Crippen LogP contribution in [-0.2, 0) is 11.2 Å². The highest BCUT2D eigenvalue weighted by Gasteiger charge is 2.24. The van der Waals surface area contributed by atoms with Crippen LogP contribution in [0.4, 0.5) is 17.5 Å². The third-order valence-corrected chi connectivity index (χ3v) is 8.21. The maximum Gasteiger partial charge on any atom is 0.326 e. The summed E-state index contributed by atoms with van der Waals surface area (Å²) < 4.78 is 11.2. The second kappa shape index (κ2) is 13.9. The SMILES string of the molecule is COc1cccc(OC)c1-c1ccc(C[C@H](Nc2nc(N(C)c3ccc(Cl)cc3)ncc2-c2c(C)cc(C)cc2C)C(=O)O)cc1. The van der Waals surface area contributed by atoms with E-state index in [1.54, 1.807) is 32.5 Å². The van der Waals surface area contributed by atoms with Crippen molar-refractivity contribution in [2.24, 2.45) is 0 Å². The molecule has 0 spiro atoms. The molecule has 0 unspecified atom stereocenters. The Morgan fingerprint density at radius 2 is 1.52 bits per heavy atom. The van der Waals surface area contributed by atoms with Gasteiger partial charge in [-0.1, -0.05) is 59.6 Å². The quantitative estimate of drug-likeness (QED) is 0.149. The van der Waals surface area contributed by atoms with E-state index < -0.39 is 12.0 Å². The number of hydrogen-bond acceptors (Lipinski definition) is 7. The van der Waals surface area contributed by atoms with Crippen molar-refractivity contribution in [2.45, 2.75) is 33.2 Å². The van der Waals surface area contributed by atoms with Gasteiger partial charge in [0, 0.05) is 35.9 Å². The Labute approximate surface area is 274 Å². The molecular weight excluding hydrogens is 600 g/mol. The molecule has 0 bridgehead atoms. The predicted molar refractivity (Wildman–Crippen MR) is 185 cm³/mol. The second-order valence-electron chi connectivity index (χ2n) is 11.2. The van der Waals surface area contributed by atoms with Crippen LogP contribution < -0.4 is 19.7 Å². The number of anilines is 3. The van der Waals surface area contributed by atoms with E-state index in [0.717, 1.165) is 50.2 Å². The van der Waals surface area contributed by atoms with Crippen molar-refractivity contribution in [3.05, 3.63) is 112 Å². The zero-order valence-corrected chi connectivity index (χ0v) is 27.5. The van der Waals surface area contributed by atoms with Crippen LogP contribution in [0.25, 0.3) is 22.3 Å². The fraction of sp³-hybridized carbons (Fsp3) is 0.216. The Bertz CT molecular complexity index is 1810. The Kier molecular flexibility index (Phi) is 9.78. The molecule has 236 valence electrons. The normalized spacial score (nSPS) is 11.5. The molecule has 0 saturated carbocycles. The summed E-state index contributed by atoms with van der Waals surface area (Å²) in [4.78, 5) is 24.1. The molecule has 0 aliphatic heterocycles. The molecule has 0 radical (unpaired) electrons. The number of ether oxygens (including phenoxy) is 2. The minimum absolute atomic E-state index is 0.219. The monoisotopic (exact) mass is 636 g/mol. The number of carboxylic acid groups (broad SMARTS) is 1. The number of aryl methyl sites for hydroxylation is 3. The molecule has 0 fully saturated rings. The molecule has 2 N–H and O–H groups in total. The topological polar surface area (TPSA) is 96.8 Å². The number of carbonyl (C=O) groups is 1. The van der Waals surface area contributed by atoms with Gasteiger partial charge in [0.2, 0.25) is 5.95 Å². The number of methoxy groups -OCH3 is 2. The Balaban J connectivity index is 1.51. The van der Waals surface area contributed by atoms with Crippen molar-refractivity contribution in [1.82, 2.24) is 9.97 Å². The van der Waals surface area contributed by atoms with Crippen LogP contribution in [-0.4, -0.2) is 48.4 Å². The van der Waals surface area contributed by atoms with Gasteiger partial charge in [0.25, 0.3) is 0 Å². The van der Waals surface area contributed by atoms with Gasteiger partial charge in [-0.2, -0.15) is 4.98 Å². The van der Waals surface area contributed by atoms with Crippen LogP contribution in [0.15, 0.2) is 85.1 Å². The van der Waals surface area contributed by atoms with E-state index in [1.807, 2.05) is 80.4 Å². The summed E-state index contributed by atoms with van der Waals surface area (Å²) in [5, 5.41) is 14.3. The zero-order chi connectivity index (χ0) is 33.0. The van der Waals surface area contributed by atoms with E-state index in [0.29, 0.717) is 28.3 Å². The van der Waals surface area contributed by atoms with Crippen molar-refractivity contribution in [1.29, 1.82) is 0 Å². The molecule has 4 aromatic carbocycles. The highest BCUT2D eigenvalue weighted by atomic mass is 35.5. The van der Waals surface area contributed by atoms with Gasteiger partial charge in [0.1, 0.15) is 23.4 Å². The van der Waals surface area contributed by atoms with Gasteiger partial charge in [-0.15, -0.1) is 0 Å². The van der Waals surface area contributed by atoms with Gasteiger partial charge in [-0.3, -0.25) is 0 Å². The van der Waals surface area contributed by atoms with Crippen LogP contribution in [0.5, 0.6) is 11.5 Å². The number of nitrogens with one attached hydrogen (secondary N) is 1. The fourth-order valence-electron chi connectivity index (χ4n) is 5.76. The second-order valence-corrected chi connectivity index (χ2v) is 11.7. The number of aromatic nitrogens is 2. The van der Waals surface area contributed by atoms with Crippen LogP contribution in [0, 0.1) is 20.8 Å². The summed E-state index contributed by atoms with van der Waals surface area (Å²) in [6.07, 6.45) is 1.98. The molecule has 5 rings (SSSR count). The third kappa shape index (κ3) is 6.92. The molecule has 1 aromatic heterocycles. The van der Waals surface area contributed by atoms with Gasteiger partial charge in [0.05, 0.1) is 19.8 Å². The zero-order valence-electron chi connectivity index (χ0n) is 26.8. The number of carboxylic acids is 1. The first-order chi connectivity index (χ1) is 22.1. The summed E-state index contributed by atoms with van der Waals surface area (Å²) >= 11 is 6.11. The van der Waals surface area contributed by atoms with Gasteiger partial charge >= 0.3 is 5.97 Å². The van der Waals surface area contributed by atoms with E-state index in [9.17, 15) is 9.90 Å². The number of halogens is 1. The summed E-state index contributed by atoms with van der Waals surface area (Å²) in [6.45, 7) is 6.14. The lowest BCUT2D eigenvalue weighted by molar-refractivity contribution is -0.137. The van der Waals surface area contributed by atoms with E-state index in [4.69, 9.17) is 31.0 Å². The average molecular weight is 637 g/mol. The molecule has 8 nitrogen and oxygen atoms in total. The lowest BCUT2D eigenvalue weighted by Crippen LogP contribution is -2.32. The minimum Gasteiger partial charge on any atom is -0.496 e. The number of nitrogens with zero attached hydrogens (tertiary/aromatic N) is 3. The number of hydrogen-bond donors (Lipinski definition) is 2. The number of aliphatic carboxylic acids is 1. The predicted octanol–water partition coefficient (Wildman–Crippen LogP) is 8.28. The highest BCUT2D eigenvalue weighted by molar-refractivity contribution is 6.30. The molecule has 9 heteroatoms. The Morgan fingerprint density at radius 1 is 0.913 bits per heavy atom. The summed E-state index contributed by atoms with van der Waals surface area (Å²) in [5.74, 6) is 1.23. The summed E-state index contributed by atoms with van der Waals surface area (Å²) in [6, 6.07) is 24.0. The third-order valence-electron chi connectivity index (χ3n) is 7.96. The summed E-state index contributed by atoms with van der Waals surface area (Å²) in [5.41, 5.74) is 8.36. The van der Waals surface area contributed by atoms with Gasteiger partial charge < -0.3 is 24.8 Å². The van der Waals surface area contributed by atoms with E-state index >= 15 is 0 Å². The number of rotatable bonds is 11. The molecule has 0 saturated heterocycles. The number of benzene rings is 4. The summed E-state index contributed by atoms with van der Waals surface area (Å²) in [7, 11) is 5.10. The Morgan fingerprint density at radius 3 is 2.09 bits per heavy atom. The average Bonchev–Trinajstić information content (AvgIpc) is 3.04. The van der Waals surface area contributed by atoms with Gasteiger partial charge in [-0.05, 0) is 85.0 Å². The maximum absolute atomic E-state index is 12.7. The van der Waals surface area contributed by atoms with Crippen LogP contribution in [0.2, 0.25) is 5.02 Å². The lowest BCUT2D eigenvalue weighted by Gasteiger charge is -2.23. The molecule has 46 heavy (non-hydrogen) atoms. The smallest absolute Gasteiger partial charge is 0.326 e. The van der Waals surface area contributed by atoms with Gasteiger partial charge in [0.15, 0.2) is 0 Å². The molecule has 5 aromatic rings. The van der Waals surface area contributed by atoms with Crippen molar-refractivity contribution in [3.8, 4) is 33.8 Å². The fourth-order valence-corrected chi connectivity index (χ4v) is 5.88. The first-order valence-corrected chi connectivity index (χ1v) is 15.2. The minimum atomic E-state index is -0.995. The van der Waals surface area contributed by atoms with Crippen molar-refractivity contribution >= 4 is 35.0 Å². The molecule has 0 aliphatic carbocycles. The van der Waals surface area contributed by atoms with Crippen LogP contribution in [0.1, 0.15) is 22.3 Å². The Hall–Kier alpha value is -5.08. The van der Waals surface area contributed by atoms with Crippen molar-refractivity contribution in [3.63, 3.8) is 0 Å². The van der Waals surface area contributed by atoms with E-state index in [1.165, 1.54) is 0 Å². The standard InChI is InChI=1S/C37H37ClN4O4/c1-22-18-23(2)33(24(3)19-22)29-21-39-37(42(4)28-16-14-27(38)15-17-28)41-35(29)40-30(36(43)44)20-25-10-12-26(13-11-25)34-31(45-5)8-7-9-32(34)46-6/h7-19,21,30H,20H2,1-6H3,(H,43,44)(H,39,40,41)/t30-/m0/s1. The largest absolute Gasteiger partial charge is 0.496 e. The van der Waals surface area contributed by atoms with Crippen molar-refractivity contribution < 1.29 is 19.4 Å². The van der Waals surface area contributed by atoms with Crippen LogP contribution in [0.3, 0.4) is 0 Å². The lowest BCUT2D eigenvalue weighted by atomic mass is 9.94. The van der Waals surface area contributed by atoms with Crippen molar-refractivity contribution in [2.75, 3.05) is 31.5 Å². The van der Waals surface area contributed by atoms with E-state index in [2.05, 4.69) is 24.4 Å². The first kappa shape index (κ1) is 32.3.